The third-order valence-corrected chi connectivity index (χ3v) is 4.03. The van der Waals surface area contributed by atoms with E-state index < -0.39 is 11.6 Å². The van der Waals surface area contributed by atoms with Gasteiger partial charge in [-0.05, 0) is 36.8 Å². The van der Waals surface area contributed by atoms with E-state index in [4.69, 9.17) is 9.47 Å². The highest BCUT2D eigenvalue weighted by Crippen LogP contribution is 2.31. The van der Waals surface area contributed by atoms with Crippen LogP contribution in [-0.4, -0.2) is 20.0 Å². The van der Waals surface area contributed by atoms with E-state index in [0.717, 1.165) is 16.1 Å². The molecule has 0 amide bonds. The van der Waals surface area contributed by atoms with E-state index in [-0.39, 0.29) is 11.3 Å². The molecular weight excluding hydrogens is 339 g/mol. The summed E-state index contributed by atoms with van der Waals surface area (Å²) in [6.45, 7) is 1.87. The van der Waals surface area contributed by atoms with Gasteiger partial charge in [0.25, 0.3) is 0 Å². The Bertz CT molecular complexity index is 698. The SMILES string of the molecule is COc1cc(F)c(C(=O)c2ccc(Br)c(C)c2)cc1OC. The number of hydrogen-bond donors (Lipinski definition) is 0. The van der Waals surface area contributed by atoms with Crippen molar-refractivity contribution in [3.63, 3.8) is 0 Å². The van der Waals surface area contributed by atoms with Gasteiger partial charge in [0.1, 0.15) is 5.82 Å². The summed E-state index contributed by atoms with van der Waals surface area (Å²) in [7, 11) is 2.85. The molecule has 3 nitrogen and oxygen atoms in total. The first kappa shape index (κ1) is 15.5. The van der Waals surface area contributed by atoms with Crippen molar-refractivity contribution in [2.24, 2.45) is 0 Å². The van der Waals surface area contributed by atoms with Gasteiger partial charge in [-0.15, -0.1) is 0 Å². The molecule has 2 aromatic carbocycles. The van der Waals surface area contributed by atoms with Crippen molar-refractivity contribution in [1.82, 2.24) is 0 Å². The van der Waals surface area contributed by atoms with Crippen molar-refractivity contribution in [1.29, 1.82) is 0 Å². The van der Waals surface area contributed by atoms with Gasteiger partial charge in [0, 0.05) is 16.1 Å². The molecule has 0 heterocycles. The zero-order chi connectivity index (χ0) is 15.6. The first-order valence-corrected chi connectivity index (χ1v) is 6.99. The maximum Gasteiger partial charge on any atom is 0.196 e. The van der Waals surface area contributed by atoms with Crippen LogP contribution in [0.1, 0.15) is 21.5 Å². The molecule has 0 aromatic heterocycles. The number of benzene rings is 2. The van der Waals surface area contributed by atoms with Gasteiger partial charge in [0.2, 0.25) is 0 Å². The maximum atomic E-state index is 14.1. The van der Waals surface area contributed by atoms with Crippen molar-refractivity contribution in [3.8, 4) is 11.5 Å². The molecule has 2 aromatic rings. The molecular formula is C16H14BrFO3. The number of rotatable bonds is 4. The van der Waals surface area contributed by atoms with Crippen LogP contribution in [0.5, 0.6) is 11.5 Å². The number of methoxy groups -OCH3 is 2. The molecule has 0 radical (unpaired) electrons. The van der Waals surface area contributed by atoms with Crippen LogP contribution in [0.3, 0.4) is 0 Å². The van der Waals surface area contributed by atoms with Crippen LogP contribution in [0.2, 0.25) is 0 Å². The second-order valence-corrected chi connectivity index (χ2v) is 5.33. The lowest BCUT2D eigenvalue weighted by Gasteiger charge is -2.11. The molecule has 0 unspecified atom stereocenters. The molecule has 0 aliphatic rings. The number of ketones is 1. The smallest absolute Gasteiger partial charge is 0.196 e. The highest BCUT2D eigenvalue weighted by Gasteiger charge is 2.18. The molecule has 0 spiro atoms. The zero-order valence-electron chi connectivity index (χ0n) is 11.9. The topological polar surface area (TPSA) is 35.5 Å². The van der Waals surface area contributed by atoms with Crippen molar-refractivity contribution in [2.45, 2.75) is 6.92 Å². The third-order valence-electron chi connectivity index (χ3n) is 3.14. The summed E-state index contributed by atoms with van der Waals surface area (Å²) in [6, 6.07) is 7.63. The van der Waals surface area contributed by atoms with Crippen LogP contribution >= 0.6 is 15.9 Å². The number of aryl methyl sites for hydroxylation is 1. The van der Waals surface area contributed by atoms with Crippen LogP contribution in [0, 0.1) is 12.7 Å². The standard InChI is InChI=1S/C16H14BrFO3/c1-9-6-10(4-5-12(9)17)16(19)11-7-14(20-2)15(21-3)8-13(11)18/h4-8H,1-3H3. The first-order valence-electron chi connectivity index (χ1n) is 6.20. The predicted octanol–water partition coefficient (Wildman–Crippen LogP) is 4.14. The van der Waals surface area contributed by atoms with Crippen molar-refractivity contribution >= 4 is 21.7 Å². The average Bonchev–Trinajstić information content (AvgIpc) is 2.49. The summed E-state index contributed by atoms with van der Waals surface area (Å²) in [5.74, 6) is -0.475. The van der Waals surface area contributed by atoms with Gasteiger partial charge in [-0.2, -0.15) is 0 Å². The van der Waals surface area contributed by atoms with Crippen LogP contribution in [0.4, 0.5) is 4.39 Å². The molecule has 0 aliphatic heterocycles. The van der Waals surface area contributed by atoms with Crippen molar-refractivity contribution in [2.75, 3.05) is 14.2 Å². The van der Waals surface area contributed by atoms with E-state index in [0.29, 0.717) is 11.3 Å². The molecule has 5 heteroatoms. The molecule has 21 heavy (non-hydrogen) atoms. The number of carbonyl (C=O) groups excluding carboxylic acids is 1. The normalized spacial score (nSPS) is 10.3. The molecule has 2 rings (SSSR count). The van der Waals surface area contributed by atoms with Gasteiger partial charge in [-0.3, -0.25) is 4.79 Å². The Morgan fingerprint density at radius 1 is 1.10 bits per heavy atom. The van der Waals surface area contributed by atoms with E-state index in [1.807, 2.05) is 6.92 Å². The molecule has 0 N–H and O–H groups in total. The van der Waals surface area contributed by atoms with Crippen LogP contribution in [0.25, 0.3) is 0 Å². The van der Waals surface area contributed by atoms with E-state index in [9.17, 15) is 9.18 Å². The fourth-order valence-electron chi connectivity index (χ4n) is 1.97. The van der Waals surface area contributed by atoms with Crippen LogP contribution in [0.15, 0.2) is 34.8 Å². The summed E-state index contributed by atoms with van der Waals surface area (Å²) in [4.78, 5) is 12.4. The highest BCUT2D eigenvalue weighted by atomic mass is 79.9. The highest BCUT2D eigenvalue weighted by molar-refractivity contribution is 9.10. The molecule has 0 atom stereocenters. The Kier molecular flexibility index (Phi) is 4.63. The summed E-state index contributed by atoms with van der Waals surface area (Å²) in [5, 5.41) is 0. The van der Waals surface area contributed by atoms with Gasteiger partial charge < -0.3 is 9.47 Å². The summed E-state index contributed by atoms with van der Waals surface area (Å²) in [5.41, 5.74) is 1.28. The maximum absolute atomic E-state index is 14.1. The molecule has 0 fully saturated rings. The number of carbonyl (C=O) groups is 1. The molecule has 0 bridgehead atoms. The number of halogens is 2. The minimum absolute atomic E-state index is 0.0469. The Hall–Kier alpha value is -1.88. The Labute approximate surface area is 130 Å². The lowest BCUT2D eigenvalue weighted by molar-refractivity contribution is 0.103. The molecule has 0 saturated carbocycles. The van der Waals surface area contributed by atoms with E-state index >= 15 is 0 Å². The molecule has 0 saturated heterocycles. The van der Waals surface area contributed by atoms with Gasteiger partial charge in [0.15, 0.2) is 17.3 Å². The number of hydrogen-bond acceptors (Lipinski definition) is 3. The monoisotopic (exact) mass is 352 g/mol. The van der Waals surface area contributed by atoms with Crippen molar-refractivity contribution < 1.29 is 18.7 Å². The lowest BCUT2D eigenvalue weighted by Crippen LogP contribution is -2.06. The van der Waals surface area contributed by atoms with Gasteiger partial charge in [-0.1, -0.05) is 15.9 Å². The van der Waals surface area contributed by atoms with Crippen LogP contribution in [-0.2, 0) is 0 Å². The van der Waals surface area contributed by atoms with Gasteiger partial charge >= 0.3 is 0 Å². The predicted molar refractivity (Wildman–Crippen MR) is 81.8 cm³/mol. The fourth-order valence-corrected chi connectivity index (χ4v) is 2.22. The fraction of sp³-hybridized carbons (Fsp3) is 0.188. The Morgan fingerprint density at radius 2 is 1.71 bits per heavy atom. The van der Waals surface area contributed by atoms with E-state index in [2.05, 4.69) is 15.9 Å². The summed E-state index contributed by atoms with van der Waals surface area (Å²) in [6.07, 6.45) is 0. The van der Waals surface area contributed by atoms with Gasteiger partial charge in [0.05, 0.1) is 19.8 Å². The summed E-state index contributed by atoms with van der Waals surface area (Å²) >= 11 is 3.37. The van der Waals surface area contributed by atoms with Gasteiger partial charge in [-0.25, -0.2) is 4.39 Å². The Morgan fingerprint density at radius 3 is 2.29 bits per heavy atom. The van der Waals surface area contributed by atoms with Crippen molar-refractivity contribution in [3.05, 3.63) is 57.3 Å². The Balaban J connectivity index is 2.50. The van der Waals surface area contributed by atoms with E-state index in [1.54, 1.807) is 18.2 Å². The van der Waals surface area contributed by atoms with E-state index in [1.165, 1.54) is 20.3 Å². The summed E-state index contributed by atoms with van der Waals surface area (Å²) < 4.78 is 25.1. The second kappa shape index (κ2) is 6.26. The van der Waals surface area contributed by atoms with Crippen LogP contribution < -0.4 is 9.47 Å². The molecule has 110 valence electrons. The largest absolute Gasteiger partial charge is 0.493 e. The first-order chi connectivity index (χ1) is 9.97. The third kappa shape index (κ3) is 3.08. The number of ether oxygens (including phenoxy) is 2. The quantitative estimate of drug-likeness (QED) is 0.775. The second-order valence-electron chi connectivity index (χ2n) is 4.48. The zero-order valence-corrected chi connectivity index (χ0v) is 13.5. The minimum Gasteiger partial charge on any atom is -0.493 e. The molecule has 0 aliphatic carbocycles. The lowest BCUT2D eigenvalue weighted by atomic mass is 10.0. The average molecular weight is 353 g/mol. The minimum atomic E-state index is -0.641.